The molecule has 2 aromatic heterocycles. The maximum absolute atomic E-state index is 12.8. The summed E-state index contributed by atoms with van der Waals surface area (Å²) in [6.45, 7) is 6.88. The third-order valence-electron chi connectivity index (χ3n) is 5.72. The number of amides is 1. The van der Waals surface area contributed by atoms with Crippen molar-refractivity contribution in [1.29, 1.82) is 0 Å². The van der Waals surface area contributed by atoms with Crippen LogP contribution in [0.5, 0.6) is 0 Å². The smallest absolute Gasteiger partial charge is 0.226 e. The predicted octanol–water partition coefficient (Wildman–Crippen LogP) is 3.02. The molecule has 2 fully saturated rings. The van der Waals surface area contributed by atoms with Crippen LogP contribution in [0.4, 0.5) is 0 Å². The minimum Gasteiger partial charge on any atom is -0.342 e. The molecule has 0 N–H and O–H groups in total. The van der Waals surface area contributed by atoms with Crippen LogP contribution >= 0.6 is 0 Å². The number of hydrogen-bond donors (Lipinski definition) is 0. The Kier molecular flexibility index (Phi) is 5.07. The number of rotatable bonds is 4. The number of nitrogens with zero attached hydrogens (tertiary/aromatic N) is 4. The molecule has 0 saturated carbocycles. The molecule has 0 aromatic carbocycles. The zero-order valence-electron chi connectivity index (χ0n) is 15.6. The van der Waals surface area contributed by atoms with E-state index in [9.17, 15) is 4.79 Å². The van der Waals surface area contributed by atoms with Crippen LogP contribution in [-0.2, 0) is 11.3 Å². The number of aryl methyl sites for hydroxylation is 1. The molecule has 4 heterocycles. The quantitative estimate of drug-likeness (QED) is 0.849. The van der Waals surface area contributed by atoms with Crippen molar-refractivity contribution < 1.29 is 4.79 Å². The normalized spacial score (nSPS) is 21.3. The lowest BCUT2D eigenvalue weighted by Crippen LogP contribution is -2.43. The van der Waals surface area contributed by atoms with Crippen LogP contribution in [0.15, 0.2) is 36.7 Å². The van der Waals surface area contributed by atoms with Crippen LogP contribution in [0.3, 0.4) is 0 Å². The SMILES string of the molecule is Cc1ccc(CN2CCCC(C(=O)N3CCCC3)C2)n1-c1cccnc1. The van der Waals surface area contributed by atoms with Crippen LogP contribution in [0.2, 0.25) is 0 Å². The molecule has 1 unspecified atom stereocenters. The number of aromatic nitrogens is 2. The summed E-state index contributed by atoms with van der Waals surface area (Å²) < 4.78 is 2.28. The molecule has 1 atom stereocenters. The summed E-state index contributed by atoms with van der Waals surface area (Å²) in [7, 11) is 0. The average molecular weight is 352 g/mol. The number of likely N-dealkylation sites (tertiary alicyclic amines) is 2. The Morgan fingerprint density at radius 2 is 2.00 bits per heavy atom. The van der Waals surface area contributed by atoms with E-state index in [1.807, 2.05) is 12.3 Å². The fourth-order valence-corrected chi connectivity index (χ4v) is 4.40. The Morgan fingerprint density at radius 3 is 2.77 bits per heavy atom. The molecule has 2 aliphatic rings. The first-order valence-corrected chi connectivity index (χ1v) is 9.81. The molecule has 0 radical (unpaired) electrons. The first-order chi connectivity index (χ1) is 12.7. The molecular weight excluding hydrogens is 324 g/mol. The van der Waals surface area contributed by atoms with Crippen LogP contribution < -0.4 is 0 Å². The molecule has 1 amide bonds. The van der Waals surface area contributed by atoms with E-state index < -0.39 is 0 Å². The fourth-order valence-electron chi connectivity index (χ4n) is 4.40. The van der Waals surface area contributed by atoms with Crippen LogP contribution in [0, 0.1) is 12.8 Å². The van der Waals surface area contributed by atoms with Gasteiger partial charge in [-0.3, -0.25) is 14.7 Å². The number of carbonyl (C=O) groups is 1. The molecule has 5 heteroatoms. The van der Waals surface area contributed by atoms with Gasteiger partial charge >= 0.3 is 0 Å². The van der Waals surface area contributed by atoms with Crippen molar-refractivity contribution >= 4 is 5.91 Å². The van der Waals surface area contributed by atoms with E-state index in [2.05, 4.69) is 44.5 Å². The highest BCUT2D eigenvalue weighted by Gasteiger charge is 2.30. The highest BCUT2D eigenvalue weighted by Crippen LogP contribution is 2.24. The van der Waals surface area contributed by atoms with Crippen LogP contribution in [0.1, 0.15) is 37.1 Å². The Labute approximate surface area is 155 Å². The Hall–Kier alpha value is -2.14. The van der Waals surface area contributed by atoms with Crippen molar-refractivity contribution in [3.8, 4) is 5.69 Å². The van der Waals surface area contributed by atoms with Crippen molar-refractivity contribution in [3.63, 3.8) is 0 Å². The Morgan fingerprint density at radius 1 is 1.15 bits per heavy atom. The van der Waals surface area contributed by atoms with E-state index in [0.29, 0.717) is 5.91 Å². The number of hydrogen-bond acceptors (Lipinski definition) is 3. The van der Waals surface area contributed by atoms with E-state index in [1.54, 1.807) is 6.20 Å². The van der Waals surface area contributed by atoms with Crippen molar-refractivity contribution in [2.24, 2.45) is 5.92 Å². The second-order valence-corrected chi connectivity index (χ2v) is 7.62. The highest BCUT2D eigenvalue weighted by molar-refractivity contribution is 5.79. The van der Waals surface area contributed by atoms with E-state index in [0.717, 1.165) is 51.3 Å². The van der Waals surface area contributed by atoms with Gasteiger partial charge in [-0.25, -0.2) is 0 Å². The minimum atomic E-state index is 0.171. The van der Waals surface area contributed by atoms with Crippen molar-refractivity contribution in [2.75, 3.05) is 26.2 Å². The summed E-state index contributed by atoms with van der Waals surface area (Å²) >= 11 is 0. The molecule has 138 valence electrons. The minimum absolute atomic E-state index is 0.171. The molecule has 2 aromatic rings. The molecule has 5 nitrogen and oxygen atoms in total. The van der Waals surface area contributed by atoms with Gasteiger partial charge < -0.3 is 9.47 Å². The van der Waals surface area contributed by atoms with E-state index in [1.165, 1.54) is 24.2 Å². The highest BCUT2D eigenvalue weighted by atomic mass is 16.2. The lowest BCUT2D eigenvalue weighted by Gasteiger charge is -2.34. The molecule has 26 heavy (non-hydrogen) atoms. The number of piperidine rings is 1. The van der Waals surface area contributed by atoms with Gasteiger partial charge in [-0.05, 0) is 63.4 Å². The van der Waals surface area contributed by atoms with Gasteiger partial charge in [0.15, 0.2) is 0 Å². The molecule has 2 saturated heterocycles. The number of pyridine rings is 1. The Balaban J connectivity index is 1.47. The second kappa shape index (κ2) is 7.62. The summed E-state index contributed by atoms with van der Waals surface area (Å²) in [5, 5.41) is 0. The zero-order chi connectivity index (χ0) is 17.9. The van der Waals surface area contributed by atoms with Crippen LogP contribution in [0.25, 0.3) is 5.69 Å². The van der Waals surface area contributed by atoms with Crippen molar-refractivity contribution in [2.45, 2.75) is 39.2 Å². The average Bonchev–Trinajstić information content (AvgIpc) is 3.32. The summed E-state index contributed by atoms with van der Waals surface area (Å²) in [4.78, 5) is 21.6. The first kappa shape index (κ1) is 17.3. The lowest BCUT2D eigenvalue weighted by atomic mass is 9.96. The third-order valence-corrected chi connectivity index (χ3v) is 5.72. The van der Waals surface area contributed by atoms with Gasteiger partial charge in [0.1, 0.15) is 0 Å². The van der Waals surface area contributed by atoms with Crippen molar-refractivity contribution in [3.05, 3.63) is 48.0 Å². The van der Waals surface area contributed by atoms with E-state index in [-0.39, 0.29) is 5.92 Å². The molecule has 0 bridgehead atoms. The monoisotopic (exact) mass is 352 g/mol. The van der Waals surface area contributed by atoms with E-state index >= 15 is 0 Å². The first-order valence-electron chi connectivity index (χ1n) is 9.81. The van der Waals surface area contributed by atoms with Gasteiger partial charge in [-0.15, -0.1) is 0 Å². The molecule has 0 spiro atoms. The van der Waals surface area contributed by atoms with Gasteiger partial charge in [-0.1, -0.05) is 0 Å². The van der Waals surface area contributed by atoms with Gasteiger partial charge in [-0.2, -0.15) is 0 Å². The topological polar surface area (TPSA) is 41.4 Å². The predicted molar refractivity (Wildman–Crippen MR) is 102 cm³/mol. The maximum Gasteiger partial charge on any atom is 0.226 e. The van der Waals surface area contributed by atoms with Crippen molar-refractivity contribution in [1.82, 2.24) is 19.4 Å². The molecular formula is C21H28N4O. The second-order valence-electron chi connectivity index (χ2n) is 7.62. The summed E-state index contributed by atoms with van der Waals surface area (Å²) in [6, 6.07) is 8.44. The molecule has 2 aliphatic heterocycles. The summed E-state index contributed by atoms with van der Waals surface area (Å²) in [6.07, 6.45) is 8.19. The van der Waals surface area contributed by atoms with E-state index in [4.69, 9.17) is 0 Å². The fraction of sp³-hybridized carbons (Fsp3) is 0.524. The standard InChI is InChI=1S/C21H28N4O/c1-17-8-9-20(25(17)19-7-4-10-22-14-19)16-23-11-5-6-18(15-23)21(26)24-12-2-3-13-24/h4,7-10,14,18H,2-3,5-6,11-13,15-16H2,1H3. The number of carbonyl (C=O) groups excluding carboxylic acids is 1. The van der Waals surface area contributed by atoms with Gasteiger partial charge in [0.2, 0.25) is 5.91 Å². The van der Waals surface area contributed by atoms with Crippen LogP contribution in [-0.4, -0.2) is 51.4 Å². The zero-order valence-corrected chi connectivity index (χ0v) is 15.6. The van der Waals surface area contributed by atoms with Gasteiger partial charge in [0.05, 0.1) is 17.8 Å². The largest absolute Gasteiger partial charge is 0.342 e. The summed E-state index contributed by atoms with van der Waals surface area (Å²) in [5.74, 6) is 0.552. The van der Waals surface area contributed by atoms with Gasteiger partial charge in [0.25, 0.3) is 0 Å². The lowest BCUT2D eigenvalue weighted by molar-refractivity contribution is -0.136. The molecule has 4 rings (SSSR count). The summed E-state index contributed by atoms with van der Waals surface area (Å²) in [5.41, 5.74) is 3.59. The third kappa shape index (κ3) is 3.54. The maximum atomic E-state index is 12.8. The molecule has 0 aliphatic carbocycles. The Bertz CT molecular complexity index is 749. The van der Waals surface area contributed by atoms with Gasteiger partial charge in [0, 0.05) is 43.8 Å².